The van der Waals surface area contributed by atoms with Crippen LogP contribution in [-0.4, -0.2) is 55.6 Å². The zero-order valence-electron chi connectivity index (χ0n) is 18.4. The summed E-state index contributed by atoms with van der Waals surface area (Å²) in [6, 6.07) is 12.0. The molecular formula is C23H29N3O4S. The lowest BCUT2D eigenvalue weighted by atomic mass is 9.98. The first-order chi connectivity index (χ1) is 14.6. The number of para-hydroxylation sites is 1. The van der Waals surface area contributed by atoms with Crippen LogP contribution in [0.25, 0.3) is 0 Å². The number of carbonyl (C=O) groups excluding carboxylic acids is 2. The first-order valence-corrected chi connectivity index (χ1v) is 11.8. The number of piperazine rings is 1. The maximum atomic E-state index is 13.1. The van der Waals surface area contributed by atoms with Crippen LogP contribution in [0.2, 0.25) is 0 Å². The number of aryl methyl sites for hydroxylation is 1. The van der Waals surface area contributed by atoms with Crippen LogP contribution in [0.5, 0.6) is 0 Å². The van der Waals surface area contributed by atoms with Crippen molar-refractivity contribution in [2.45, 2.75) is 38.5 Å². The van der Waals surface area contributed by atoms with Crippen molar-refractivity contribution in [1.82, 2.24) is 9.21 Å². The molecule has 2 aromatic rings. The van der Waals surface area contributed by atoms with Crippen LogP contribution >= 0.6 is 0 Å². The molecule has 0 saturated carbocycles. The number of hydrogen-bond donors (Lipinski definition) is 1. The van der Waals surface area contributed by atoms with Gasteiger partial charge >= 0.3 is 0 Å². The Kier molecular flexibility index (Phi) is 6.81. The van der Waals surface area contributed by atoms with E-state index in [1.165, 1.54) is 23.4 Å². The Hall–Kier alpha value is -2.71. The molecule has 1 saturated heterocycles. The summed E-state index contributed by atoms with van der Waals surface area (Å²) >= 11 is 0. The van der Waals surface area contributed by atoms with E-state index in [9.17, 15) is 18.0 Å². The Labute approximate surface area is 184 Å². The van der Waals surface area contributed by atoms with Gasteiger partial charge in [-0.05, 0) is 42.2 Å². The Balaban J connectivity index is 1.82. The molecule has 0 spiro atoms. The van der Waals surface area contributed by atoms with Crippen LogP contribution in [0.3, 0.4) is 0 Å². The fourth-order valence-corrected chi connectivity index (χ4v) is 5.19. The van der Waals surface area contributed by atoms with Crippen molar-refractivity contribution in [3.63, 3.8) is 0 Å². The summed E-state index contributed by atoms with van der Waals surface area (Å²) in [6.45, 7) is 8.72. The van der Waals surface area contributed by atoms with E-state index >= 15 is 0 Å². The highest BCUT2D eigenvalue weighted by Gasteiger charge is 2.29. The van der Waals surface area contributed by atoms with Crippen LogP contribution in [0, 0.1) is 6.92 Å². The van der Waals surface area contributed by atoms with E-state index in [1.54, 1.807) is 17.0 Å². The summed E-state index contributed by atoms with van der Waals surface area (Å²) in [5.41, 5.74) is 3.02. The van der Waals surface area contributed by atoms with Gasteiger partial charge in [0.1, 0.15) is 0 Å². The zero-order chi connectivity index (χ0) is 22.8. The average Bonchev–Trinajstić information content (AvgIpc) is 2.75. The molecule has 0 atom stereocenters. The summed E-state index contributed by atoms with van der Waals surface area (Å²) in [5, 5.41) is 2.96. The van der Waals surface area contributed by atoms with E-state index in [0.29, 0.717) is 13.1 Å². The number of benzene rings is 2. The van der Waals surface area contributed by atoms with E-state index in [0.717, 1.165) is 16.8 Å². The van der Waals surface area contributed by atoms with Gasteiger partial charge in [-0.25, -0.2) is 8.42 Å². The van der Waals surface area contributed by atoms with Crippen molar-refractivity contribution in [2.24, 2.45) is 0 Å². The number of amides is 2. The van der Waals surface area contributed by atoms with Crippen LogP contribution in [0.15, 0.2) is 47.4 Å². The number of sulfonamides is 1. The smallest absolute Gasteiger partial charge is 0.255 e. The topological polar surface area (TPSA) is 86.8 Å². The van der Waals surface area contributed by atoms with Crippen molar-refractivity contribution in [3.05, 3.63) is 59.2 Å². The molecule has 8 heteroatoms. The Morgan fingerprint density at radius 2 is 1.65 bits per heavy atom. The fourth-order valence-electron chi connectivity index (χ4n) is 3.72. The molecule has 1 heterocycles. The maximum Gasteiger partial charge on any atom is 0.255 e. The normalized spacial score (nSPS) is 15.2. The van der Waals surface area contributed by atoms with Gasteiger partial charge in [0, 0.05) is 44.4 Å². The molecule has 0 bridgehead atoms. The molecule has 0 unspecified atom stereocenters. The van der Waals surface area contributed by atoms with Crippen molar-refractivity contribution in [1.29, 1.82) is 0 Å². The molecule has 1 aliphatic rings. The number of nitrogens with one attached hydrogen (secondary N) is 1. The second-order valence-electron chi connectivity index (χ2n) is 8.09. The van der Waals surface area contributed by atoms with E-state index in [1.807, 2.05) is 25.1 Å². The van der Waals surface area contributed by atoms with Gasteiger partial charge in [0.05, 0.1) is 4.90 Å². The molecular weight excluding hydrogens is 414 g/mol. The third kappa shape index (κ3) is 4.97. The standard InChI is InChI=1S/C23H29N3O4S/c1-16(2)21-10-5-7-17(3)22(21)24-23(28)19-8-6-9-20(15-19)31(29,30)26-13-11-25(12-14-26)18(4)27/h5-10,15-16H,11-14H2,1-4H3,(H,24,28). The minimum Gasteiger partial charge on any atom is -0.340 e. The number of nitrogens with zero attached hydrogens (tertiary/aromatic N) is 2. The lowest BCUT2D eigenvalue weighted by molar-refractivity contribution is -0.129. The fraction of sp³-hybridized carbons (Fsp3) is 0.391. The van der Waals surface area contributed by atoms with Crippen molar-refractivity contribution in [3.8, 4) is 0 Å². The molecule has 166 valence electrons. The highest BCUT2D eigenvalue weighted by Crippen LogP contribution is 2.28. The summed E-state index contributed by atoms with van der Waals surface area (Å²) in [4.78, 5) is 26.2. The van der Waals surface area contributed by atoms with E-state index in [2.05, 4.69) is 19.2 Å². The van der Waals surface area contributed by atoms with Crippen molar-refractivity contribution in [2.75, 3.05) is 31.5 Å². The summed E-state index contributed by atoms with van der Waals surface area (Å²) < 4.78 is 27.5. The monoisotopic (exact) mass is 443 g/mol. The van der Waals surface area contributed by atoms with Gasteiger partial charge in [0.25, 0.3) is 5.91 Å². The minimum atomic E-state index is -3.75. The predicted molar refractivity (Wildman–Crippen MR) is 121 cm³/mol. The van der Waals surface area contributed by atoms with Gasteiger partial charge < -0.3 is 10.2 Å². The van der Waals surface area contributed by atoms with Gasteiger partial charge in [0.15, 0.2) is 0 Å². The summed E-state index contributed by atoms with van der Waals surface area (Å²) in [6.07, 6.45) is 0. The lowest BCUT2D eigenvalue weighted by Gasteiger charge is -2.33. The van der Waals surface area contributed by atoms with Gasteiger partial charge in [-0.3, -0.25) is 9.59 Å². The SMILES string of the molecule is CC(=O)N1CCN(S(=O)(=O)c2cccc(C(=O)Nc3c(C)cccc3C(C)C)c2)CC1. The molecule has 31 heavy (non-hydrogen) atoms. The number of anilines is 1. The number of rotatable bonds is 5. The Morgan fingerprint density at radius 3 is 2.26 bits per heavy atom. The first-order valence-electron chi connectivity index (χ1n) is 10.4. The van der Waals surface area contributed by atoms with E-state index in [4.69, 9.17) is 0 Å². The molecule has 3 rings (SSSR count). The van der Waals surface area contributed by atoms with Crippen LogP contribution in [-0.2, 0) is 14.8 Å². The number of hydrogen-bond acceptors (Lipinski definition) is 4. The third-order valence-corrected chi connectivity index (χ3v) is 7.48. The lowest BCUT2D eigenvalue weighted by Crippen LogP contribution is -2.49. The van der Waals surface area contributed by atoms with Crippen LogP contribution in [0.4, 0.5) is 5.69 Å². The molecule has 2 aromatic carbocycles. The third-order valence-electron chi connectivity index (χ3n) is 5.58. The quantitative estimate of drug-likeness (QED) is 0.769. The van der Waals surface area contributed by atoms with Crippen LogP contribution in [0.1, 0.15) is 48.2 Å². The molecule has 7 nitrogen and oxygen atoms in total. The second-order valence-corrected chi connectivity index (χ2v) is 10.0. The van der Waals surface area contributed by atoms with Crippen LogP contribution < -0.4 is 5.32 Å². The Morgan fingerprint density at radius 1 is 1.00 bits per heavy atom. The molecule has 0 radical (unpaired) electrons. The van der Waals surface area contributed by atoms with Gasteiger partial charge in [-0.2, -0.15) is 4.31 Å². The zero-order valence-corrected chi connectivity index (χ0v) is 19.2. The maximum absolute atomic E-state index is 13.1. The molecule has 2 amide bonds. The predicted octanol–water partition coefficient (Wildman–Crippen LogP) is 3.22. The van der Waals surface area contributed by atoms with E-state index in [-0.39, 0.29) is 41.3 Å². The van der Waals surface area contributed by atoms with Gasteiger partial charge in [-0.1, -0.05) is 38.1 Å². The number of carbonyl (C=O) groups is 2. The molecule has 0 aliphatic carbocycles. The van der Waals surface area contributed by atoms with Crippen molar-refractivity contribution < 1.29 is 18.0 Å². The molecule has 0 aromatic heterocycles. The minimum absolute atomic E-state index is 0.0623. The second kappa shape index (κ2) is 9.20. The molecule has 1 aliphatic heterocycles. The highest BCUT2D eigenvalue weighted by molar-refractivity contribution is 7.89. The molecule has 1 N–H and O–H groups in total. The first kappa shape index (κ1) is 23.0. The van der Waals surface area contributed by atoms with Gasteiger partial charge in [0.2, 0.25) is 15.9 Å². The van der Waals surface area contributed by atoms with E-state index < -0.39 is 10.0 Å². The molecule has 1 fully saturated rings. The summed E-state index contributed by atoms with van der Waals surface area (Å²) in [7, 11) is -3.75. The summed E-state index contributed by atoms with van der Waals surface area (Å²) in [5.74, 6) is -0.182. The Bertz CT molecular complexity index is 1090. The highest BCUT2D eigenvalue weighted by atomic mass is 32.2. The van der Waals surface area contributed by atoms with Crippen molar-refractivity contribution >= 4 is 27.5 Å². The van der Waals surface area contributed by atoms with Gasteiger partial charge in [-0.15, -0.1) is 0 Å². The average molecular weight is 444 g/mol. The largest absolute Gasteiger partial charge is 0.340 e.